The Morgan fingerprint density at radius 3 is 2.47 bits per heavy atom. The summed E-state index contributed by atoms with van der Waals surface area (Å²) in [7, 11) is 1.63. The molecule has 0 bridgehead atoms. The Labute approximate surface area is 115 Å². The predicted molar refractivity (Wildman–Crippen MR) is 72.3 cm³/mol. The largest absolute Gasteiger partial charge is 0.477 e. The van der Waals surface area contributed by atoms with Gasteiger partial charge >= 0.3 is 5.97 Å². The van der Waals surface area contributed by atoms with Crippen molar-refractivity contribution in [3.8, 4) is 11.8 Å². The van der Waals surface area contributed by atoms with Crippen LogP contribution in [-0.2, 0) is 7.05 Å². The Bertz CT molecular complexity index is 691. The number of nitrogens with zero attached hydrogens (tertiary/aromatic N) is 2. The first-order valence-corrected chi connectivity index (χ1v) is 5.91. The molecule has 19 heavy (non-hydrogen) atoms. The van der Waals surface area contributed by atoms with Crippen LogP contribution in [0, 0.1) is 18.8 Å². The van der Waals surface area contributed by atoms with Crippen LogP contribution in [0.3, 0.4) is 0 Å². The molecule has 1 N–H and O–H groups in total. The van der Waals surface area contributed by atoms with Crippen molar-refractivity contribution in [2.45, 2.75) is 6.92 Å². The summed E-state index contributed by atoms with van der Waals surface area (Å²) in [5, 5.41) is 9.70. The first-order chi connectivity index (χ1) is 8.99. The smallest absolute Gasteiger partial charge is 0.354 e. The van der Waals surface area contributed by atoms with Gasteiger partial charge in [0.15, 0.2) is 11.5 Å². The molecule has 0 radical (unpaired) electrons. The van der Waals surface area contributed by atoms with Crippen LogP contribution in [0.5, 0.6) is 0 Å². The molecule has 0 amide bonds. The highest BCUT2D eigenvalue weighted by Crippen LogP contribution is 2.10. The van der Waals surface area contributed by atoms with Crippen molar-refractivity contribution in [2.24, 2.45) is 7.05 Å². The van der Waals surface area contributed by atoms with Gasteiger partial charge in [-0.15, -0.1) is 0 Å². The Kier molecular flexibility index (Phi) is 3.59. The zero-order chi connectivity index (χ0) is 14.0. The third-order valence-corrected chi connectivity index (χ3v) is 2.89. The van der Waals surface area contributed by atoms with E-state index < -0.39 is 5.97 Å². The van der Waals surface area contributed by atoms with Gasteiger partial charge < -0.3 is 9.67 Å². The van der Waals surface area contributed by atoms with Gasteiger partial charge in [-0.2, -0.15) is 0 Å². The fourth-order valence-corrected chi connectivity index (χ4v) is 1.83. The summed E-state index contributed by atoms with van der Waals surface area (Å²) in [6.07, 6.45) is 0. The summed E-state index contributed by atoms with van der Waals surface area (Å²) in [5.74, 6) is 5.20. The minimum atomic E-state index is -1.01. The first kappa shape index (κ1) is 13.2. The summed E-state index contributed by atoms with van der Waals surface area (Å²) < 4.78 is 1.47. The second kappa shape index (κ2) is 5.17. The fraction of sp³-hybridized carbons (Fsp3) is 0.143. The van der Waals surface area contributed by atoms with E-state index in [0.717, 1.165) is 5.56 Å². The monoisotopic (exact) mass is 274 g/mol. The third-order valence-electron chi connectivity index (χ3n) is 2.63. The maximum Gasteiger partial charge on any atom is 0.354 e. The van der Waals surface area contributed by atoms with E-state index >= 15 is 0 Å². The number of halogens is 1. The number of hydrogen-bond acceptors (Lipinski definition) is 2. The van der Waals surface area contributed by atoms with Crippen LogP contribution < -0.4 is 0 Å². The minimum absolute atomic E-state index is 0.153. The molecule has 0 saturated carbocycles. The van der Waals surface area contributed by atoms with Crippen LogP contribution in [0.1, 0.15) is 27.6 Å². The van der Waals surface area contributed by atoms with Crippen molar-refractivity contribution in [1.82, 2.24) is 9.55 Å². The molecule has 0 aliphatic rings. The van der Waals surface area contributed by atoms with Crippen LogP contribution in [0.25, 0.3) is 0 Å². The van der Waals surface area contributed by atoms with Crippen molar-refractivity contribution in [1.29, 1.82) is 0 Å². The highest BCUT2D eigenvalue weighted by Gasteiger charge is 2.15. The average Bonchev–Trinajstić information content (AvgIpc) is 2.63. The maximum atomic E-state index is 11.0. The molecule has 0 aliphatic carbocycles. The number of aromatic carboxylic acids is 1. The number of carbonyl (C=O) groups is 1. The number of rotatable bonds is 1. The highest BCUT2D eigenvalue weighted by atomic mass is 35.5. The molecule has 5 heteroatoms. The SMILES string of the molecule is Cc1nc(C#Cc2ccc(Cl)cc2)n(C)c1C(=O)O. The summed E-state index contributed by atoms with van der Waals surface area (Å²) in [4.78, 5) is 15.2. The number of aryl methyl sites for hydroxylation is 1. The molecule has 0 aliphatic heterocycles. The fourth-order valence-electron chi connectivity index (χ4n) is 1.71. The van der Waals surface area contributed by atoms with Gasteiger partial charge in [-0.3, -0.25) is 0 Å². The lowest BCUT2D eigenvalue weighted by Gasteiger charge is -1.97. The quantitative estimate of drug-likeness (QED) is 0.813. The second-order valence-electron chi connectivity index (χ2n) is 3.99. The van der Waals surface area contributed by atoms with Gasteiger partial charge in [0.2, 0.25) is 0 Å². The predicted octanol–water partition coefficient (Wildman–Crippen LogP) is 2.48. The van der Waals surface area contributed by atoms with Crippen molar-refractivity contribution in [3.63, 3.8) is 0 Å². The zero-order valence-corrected chi connectivity index (χ0v) is 11.2. The number of carboxylic acid groups (broad SMARTS) is 1. The molecular formula is C14H11ClN2O2. The van der Waals surface area contributed by atoms with E-state index in [4.69, 9.17) is 16.7 Å². The normalized spacial score (nSPS) is 9.84. The van der Waals surface area contributed by atoms with Gasteiger partial charge in [-0.25, -0.2) is 9.78 Å². The third kappa shape index (κ3) is 2.78. The molecule has 1 heterocycles. The van der Waals surface area contributed by atoms with Gasteiger partial charge in [0.1, 0.15) is 0 Å². The minimum Gasteiger partial charge on any atom is -0.477 e. The number of imidazole rings is 1. The van der Waals surface area contributed by atoms with Crippen molar-refractivity contribution >= 4 is 17.6 Å². The molecule has 0 fully saturated rings. The van der Waals surface area contributed by atoms with Gasteiger partial charge in [-0.1, -0.05) is 17.5 Å². The molecule has 2 rings (SSSR count). The first-order valence-electron chi connectivity index (χ1n) is 5.53. The average molecular weight is 275 g/mol. The molecule has 96 valence electrons. The van der Waals surface area contributed by atoms with Crippen LogP contribution in [0.15, 0.2) is 24.3 Å². The molecule has 0 saturated heterocycles. The number of hydrogen-bond donors (Lipinski definition) is 1. The summed E-state index contributed by atoms with van der Waals surface area (Å²) in [5.41, 5.74) is 1.40. The van der Waals surface area contributed by atoms with Crippen molar-refractivity contribution < 1.29 is 9.90 Å². The van der Waals surface area contributed by atoms with E-state index in [1.165, 1.54) is 4.57 Å². The van der Waals surface area contributed by atoms with Crippen molar-refractivity contribution in [2.75, 3.05) is 0 Å². The lowest BCUT2D eigenvalue weighted by atomic mass is 10.2. The van der Waals surface area contributed by atoms with Gasteiger partial charge in [0.05, 0.1) is 5.69 Å². The molecule has 4 nitrogen and oxygen atoms in total. The second-order valence-corrected chi connectivity index (χ2v) is 4.43. The van der Waals surface area contributed by atoms with Gasteiger partial charge in [0.25, 0.3) is 0 Å². The lowest BCUT2D eigenvalue weighted by molar-refractivity contribution is 0.0685. The number of benzene rings is 1. The highest BCUT2D eigenvalue weighted by molar-refractivity contribution is 6.30. The topological polar surface area (TPSA) is 55.1 Å². The lowest BCUT2D eigenvalue weighted by Crippen LogP contribution is -2.07. The Hall–Kier alpha value is -2.25. The summed E-state index contributed by atoms with van der Waals surface area (Å²) in [6.45, 7) is 1.65. The summed E-state index contributed by atoms with van der Waals surface area (Å²) in [6, 6.07) is 7.09. The Balaban J connectivity index is 2.38. The van der Waals surface area contributed by atoms with Crippen molar-refractivity contribution in [3.05, 3.63) is 52.1 Å². The van der Waals surface area contributed by atoms with E-state index in [1.54, 1.807) is 38.2 Å². The molecule has 0 unspecified atom stereocenters. The van der Waals surface area contributed by atoms with E-state index in [9.17, 15) is 4.79 Å². The maximum absolute atomic E-state index is 11.0. The zero-order valence-electron chi connectivity index (χ0n) is 10.4. The number of aromatic nitrogens is 2. The number of carboxylic acids is 1. The van der Waals surface area contributed by atoms with Gasteiger partial charge in [0, 0.05) is 17.6 Å². The molecule has 1 aromatic carbocycles. The molecule has 1 aromatic heterocycles. The Morgan fingerprint density at radius 1 is 1.32 bits per heavy atom. The summed E-state index contributed by atoms with van der Waals surface area (Å²) >= 11 is 5.78. The van der Waals surface area contributed by atoms with Crippen LogP contribution in [0.2, 0.25) is 5.02 Å². The molecule has 2 aromatic rings. The van der Waals surface area contributed by atoms with Crippen LogP contribution in [0.4, 0.5) is 0 Å². The molecule has 0 atom stereocenters. The van der Waals surface area contributed by atoms with Crippen LogP contribution >= 0.6 is 11.6 Å². The standard InChI is InChI=1S/C14H11ClN2O2/c1-9-13(14(18)19)17(2)12(16-9)8-5-10-3-6-11(15)7-4-10/h3-4,6-7H,1-2H3,(H,18,19). The van der Waals surface area contributed by atoms with E-state index in [2.05, 4.69) is 16.8 Å². The van der Waals surface area contributed by atoms with E-state index in [0.29, 0.717) is 16.5 Å². The van der Waals surface area contributed by atoms with E-state index in [-0.39, 0.29) is 5.69 Å². The Morgan fingerprint density at radius 2 is 1.95 bits per heavy atom. The van der Waals surface area contributed by atoms with Crippen LogP contribution in [-0.4, -0.2) is 20.6 Å². The van der Waals surface area contributed by atoms with Gasteiger partial charge in [-0.05, 0) is 37.1 Å². The molecular weight excluding hydrogens is 264 g/mol. The molecule has 0 spiro atoms. The van der Waals surface area contributed by atoms with E-state index in [1.807, 2.05) is 0 Å².